The third kappa shape index (κ3) is 12.3. The van der Waals surface area contributed by atoms with E-state index in [4.69, 9.17) is 42.1 Å². The lowest BCUT2D eigenvalue weighted by atomic mass is 10.1. The first kappa shape index (κ1) is 50.2. The fourth-order valence-electron chi connectivity index (χ4n) is 7.48. The minimum absolute atomic E-state index is 0.0304. The van der Waals surface area contributed by atoms with E-state index < -0.39 is 46.0 Å². The number of anilines is 4. The summed E-state index contributed by atoms with van der Waals surface area (Å²) in [5.41, 5.74) is 1.37. The van der Waals surface area contributed by atoms with Gasteiger partial charge in [0.25, 0.3) is 11.8 Å². The van der Waals surface area contributed by atoms with Gasteiger partial charge in [-0.2, -0.15) is 13.2 Å². The van der Waals surface area contributed by atoms with Crippen molar-refractivity contribution in [2.75, 3.05) is 73.0 Å². The maximum absolute atomic E-state index is 14.8. The van der Waals surface area contributed by atoms with Crippen molar-refractivity contribution in [1.82, 2.24) is 19.9 Å². The third-order valence-corrected chi connectivity index (χ3v) is 11.9. The number of benzene rings is 6. The van der Waals surface area contributed by atoms with Crippen LogP contribution in [0.25, 0.3) is 22.1 Å². The molecule has 0 unspecified atom stereocenters. The minimum atomic E-state index is -4.73. The van der Waals surface area contributed by atoms with Crippen LogP contribution in [-0.2, 0) is 15.7 Å². The Labute approximate surface area is 421 Å². The van der Waals surface area contributed by atoms with Crippen molar-refractivity contribution < 1.29 is 54.9 Å². The Balaban J connectivity index is 0.000000180. The number of morpholine rings is 2. The number of nitrogens with zero attached hydrogens (tertiary/aromatic N) is 6. The zero-order valence-corrected chi connectivity index (χ0v) is 39.4. The van der Waals surface area contributed by atoms with Gasteiger partial charge in [0.1, 0.15) is 29.0 Å². The lowest BCUT2D eigenvalue weighted by Crippen LogP contribution is -2.36. The first-order chi connectivity index (χ1) is 35.1. The van der Waals surface area contributed by atoms with Gasteiger partial charge in [0.05, 0.1) is 76.5 Å². The second-order valence-electron chi connectivity index (χ2n) is 16.2. The van der Waals surface area contributed by atoms with E-state index in [9.17, 15) is 35.9 Å². The highest BCUT2D eigenvalue weighted by Gasteiger charge is 2.34. The highest BCUT2D eigenvalue weighted by Crippen LogP contribution is 2.36. The molecule has 73 heavy (non-hydrogen) atoms. The summed E-state index contributed by atoms with van der Waals surface area (Å²) >= 11 is 11.2. The van der Waals surface area contributed by atoms with Crippen LogP contribution < -0.4 is 29.9 Å². The highest BCUT2D eigenvalue weighted by atomic mass is 35.5. The lowest BCUT2D eigenvalue weighted by molar-refractivity contribution is -0.137. The second-order valence-corrected chi connectivity index (χ2v) is 17.0. The fraction of sp³-hybridized carbons (Fsp3) is 0.176. The topological polar surface area (TPSA) is 153 Å². The van der Waals surface area contributed by atoms with E-state index in [-0.39, 0.29) is 39.0 Å². The van der Waals surface area contributed by atoms with Crippen LogP contribution in [0.15, 0.2) is 122 Å². The standard InChI is InChI=1S/C26H19ClF4N4O3.C25H19ClF2N4O3/c27-19-4-1-15(11-18(19)26(29,30)31)25(36)33-16-2-6-23(20(28)12-16)38-17-3-5-21-22(13-17)34-24(14-32-21)35-7-9-37-10-8-35;26-18-4-1-15(11-19(18)27)25(33)30-16-2-6-23(20(28)12-16)35-17-3-5-21-22(13-17)31-24(14-29-21)32-7-9-34-10-8-32/h1-6,11-14H,7-10H2,(H,33,36);1-6,11-14H,7-10H2,(H,30,33). The number of nitrogens with one attached hydrogen (secondary N) is 2. The summed E-state index contributed by atoms with van der Waals surface area (Å²) in [4.78, 5) is 47.1. The normalized spacial score (nSPS) is 13.8. The Bertz CT molecular complexity index is 3360. The van der Waals surface area contributed by atoms with Gasteiger partial charge in [-0.3, -0.25) is 19.6 Å². The third-order valence-electron chi connectivity index (χ3n) is 11.2. The molecule has 2 aromatic heterocycles. The monoisotopic (exact) mass is 1040 g/mol. The molecule has 0 saturated carbocycles. The minimum Gasteiger partial charge on any atom is -0.454 e. The summed E-state index contributed by atoms with van der Waals surface area (Å²) in [5, 5.41) is 4.27. The molecule has 0 radical (unpaired) electrons. The molecule has 0 spiro atoms. The molecular formula is C51H38Cl2F6N8O6. The van der Waals surface area contributed by atoms with E-state index in [1.807, 2.05) is 0 Å². The average Bonchev–Trinajstić information content (AvgIpc) is 3.39. The molecule has 2 amide bonds. The molecular weight excluding hydrogens is 1010 g/mol. The quantitative estimate of drug-likeness (QED) is 0.125. The van der Waals surface area contributed by atoms with Crippen LogP contribution in [0.5, 0.6) is 23.0 Å². The van der Waals surface area contributed by atoms with Gasteiger partial charge in [-0.05, 0) is 84.9 Å². The number of aromatic nitrogens is 4. The van der Waals surface area contributed by atoms with Gasteiger partial charge in [0.15, 0.2) is 23.1 Å². The van der Waals surface area contributed by atoms with Crippen molar-refractivity contribution in [2.45, 2.75) is 6.18 Å². The van der Waals surface area contributed by atoms with Crippen molar-refractivity contribution in [3.63, 3.8) is 0 Å². The molecule has 10 rings (SSSR count). The molecule has 0 aliphatic carbocycles. The predicted octanol–water partition coefficient (Wildman–Crippen LogP) is 11.8. The van der Waals surface area contributed by atoms with E-state index in [0.29, 0.717) is 85.0 Å². The Hall–Kier alpha value is -7.78. The van der Waals surface area contributed by atoms with Gasteiger partial charge >= 0.3 is 6.18 Å². The Morgan fingerprint density at radius 1 is 0.534 bits per heavy atom. The number of carbonyl (C=O) groups excluding carboxylic acids is 2. The Morgan fingerprint density at radius 2 is 0.986 bits per heavy atom. The summed E-state index contributed by atoms with van der Waals surface area (Å²) in [7, 11) is 0. The SMILES string of the molecule is O=C(Nc1ccc(Oc2ccc3ncc(N4CCOCC4)nc3c2)c(F)c1)c1ccc(Cl)c(C(F)(F)F)c1.O=C(Nc1ccc(Oc2ccc3ncc(N4CCOCC4)nc3c2)c(F)c1)c1ccc(Cl)c(F)c1. The molecule has 2 aliphatic heterocycles. The number of hydrogen-bond donors (Lipinski definition) is 2. The van der Waals surface area contributed by atoms with Gasteiger partial charge in [-0.25, -0.2) is 23.1 Å². The number of ether oxygens (including phenoxy) is 4. The summed E-state index contributed by atoms with van der Waals surface area (Å²) in [6.07, 6.45) is -1.31. The molecule has 2 aliphatic rings. The van der Waals surface area contributed by atoms with Crippen molar-refractivity contribution >= 4 is 80.1 Å². The fourth-order valence-corrected chi connectivity index (χ4v) is 7.83. The number of hydrogen-bond acceptors (Lipinski definition) is 12. The molecule has 0 bridgehead atoms. The van der Waals surface area contributed by atoms with Gasteiger partial charge < -0.3 is 39.4 Å². The molecule has 2 fully saturated rings. The second kappa shape index (κ2) is 21.9. The van der Waals surface area contributed by atoms with Gasteiger partial charge in [0, 0.05) is 72.9 Å². The lowest BCUT2D eigenvalue weighted by Gasteiger charge is -2.27. The van der Waals surface area contributed by atoms with Crippen LogP contribution >= 0.6 is 23.2 Å². The molecule has 8 aromatic rings. The Morgan fingerprint density at radius 3 is 1.42 bits per heavy atom. The molecule has 4 heterocycles. The van der Waals surface area contributed by atoms with E-state index >= 15 is 0 Å². The number of fused-ring (bicyclic) bond motifs is 2. The maximum Gasteiger partial charge on any atom is 0.417 e. The predicted molar refractivity (Wildman–Crippen MR) is 262 cm³/mol. The zero-order chi connectivity index (χ0) is 51.2. The molecule has 2 saturated heterocycles. The van der Waals surface area contributed by atoms with Crippen LogP contribution in [0.4, 0.5) is 49.4 Å². The van der Waals surface area contributed by atoms with E-state index in [2.05, 4.69) is 40.4 Å². The van der Waals surface area contributed by atoms with E-state index in [0.717, 1.165) is 49.2 Å². The summed E-state index contributed by atoms with van der Waals surface area (Å²) < 4.78 is 105. The molecule has 0 atom stereocenters. The van der Waals surface area contributed by atoms with Crippen LogP contribution in [0.2, 0.25) is 10.0 Å². The molecule has 6 aromatic carbocycles. The molecule has 14 nitrogen and oxygen atoms in total. The number of amides is 2. The Kier molecular flexibility index (Phi) is 15.1. The van der Waals surface area contributed by atoms with Crippen molar-refractivity contribution in [3.8, 4) is 23.0 Å². The number of rotatable bonds is 10. The zero-order valence-electron chi connectivity index (χ0n) is 37.9. The maximum atomic E-state index is 14.8. The van der Waals surface area contributed by atoms with Crippen LogP contribution in [0.3, 0.4) is 0 Å². The summed E-state index contributed by atoms with van der Waals surface area (Å²) in [5.74, 6) is -1.64. The van der Waals surface area contributed by atoms with Gasteiger partial charge in [-0.15, -0.1) is 0 Å². The van der Waals surface area contributed by atoms with Crippen molar-refractivity contribution in [1.29, 1.82) is 0 Å². The van der Waals surface area contributed by atoms with Crippen molar-refractivity contribution in [3.05, 3.63) is 166 Å². The summed E-state index contributed by atoms with van der Waals surface area (Å²) in [6.45, 7) is 5.34. The van der Waals surface area contributed by atoms with Gasteiger partial charge in [-0.1, -0.05) is 23.2 Å². The number of halogens is 8. The number of carbonyl (C=O) groups is 2. The van der Waals surface area contributed by atoms with Crippen molar-refractivity contribution in [2.24, 2.45) is 0 Å². The average molecular weight is 1040 g/mol. The summed E-state index contributed by atoms with van der Waals surface area (Å²) in [6, 6.07) is 24.2. The highest BCUT2D eigenvalue weighted by molar-refractivity contribution is 6.31. The number of alkyl halides is 3. The molecule has 2 N–H and O–H groups in total. The first-order valence-corrected chi connectivity index (χ1v) is 23.0. The van der Waals surface area contributed by atoms with Crippen LogP contribution in [0.1, 0.15) is 26.3 Å². The van der Waals surface area contributed by atoms with E-state index in [1.54, 1.807) is 48.8 Å². The van der Waals surface area contributed by atoms with Crippen LogP contribution in [-0.4, -0.2) is 84.4 Å². The smallest absolute Gasteiger partial charge is 0.417 e. The van der Waals surface area contributed by atoms with Crippen LogP contribution in [0, 0.1) is 17.5 Å². The molecule has 22 heteroatoms. The van der Waals surface area contributed by atoms with E-state index in [1.165, 1.54) is 36.4 Å². The first-order valence-electron chi connectivity index (χ1n) is 22.2. The van der Waals surface area contributed by atoms with Gasteiger partial charge in [0.2, 0.25) is 0 Å². The largest absolute Gasteiger partial charge is 0.454 e. The molecule has 374 valence electrons.